The van der Waals surface area contributed by atoms with Crippen LogP contribution in [0.25, 0.3) is 0 Å². The number of hydrogen-bond acceptors (Lipinski definition) is 2. The molecule has 0 aliphatic heterocycles. The maximum atomic E-state index is 10.9. The molecule has 0 saturated heterocycles. The monoisotopic (exact) mass is 157 g/mol. The molecule has 1 aliphatic rings. The molecule has 0 radical (unpaired) electrons. The summed E-state index contributed by atoms with van der Waals surface area (Å²) in [6.07, 6.45) is 3.92. The quantitative estimate of drug-likeness (QED) is 0.610. The molecule has 0 aromatic rings. The molecule has 1 saturated carbocycles. The van der Waals surface area contributed by atoms with Crippen molar-refractivity contribution in [1.29, 1.82) is 0 Å². The highest BCUT2D eigenvalue weighted by atomic mass is 16.3. The number of carbonyl (C=O) groups excluding carboxylic acids is 1. The Bertz CT molecular complexity index is 150. The van der Waals surface area contributed by atoms with Crippen LogP contribution < -0.4 is 5.32 Å². The first-order valence-electron chi connectivity index (χ1n) is 4.09. The first-order valence-corrected chi connectivity index (χ1v) is 4.09. The second-order valence-electron chi connectivity index (χ2n) is 3.28. The lowest BCUT2D eigenvalue weighted by Crippen LogP contribution is -2.32. The molecular formula is C8H15NO2. The second-order valence-corrected chi connectivity index (χ2v) is 3.28. The highest BCUT2D eigenvalue weighted by Gasteiger charge is 2.32. The predicted octanol–water partition coefficient (Wildman–Crippen LogP) is 0.428. The minimum absolute atomic E-state index is 0.0607. The molecule has 0 unspecified atom stereocenters. The second kappa shape index (κ2) is 3.22. The van der Waals surface area contributed by atoms with Gasteiger partial charge in [-0.3, -0.25) is 4.79 Å². The summed E-state index contributed by atoms with van der Waals surface area (Å²) in [6, 6.07) is 0. The van der Waals surface area contributed by atoms with E-state index in [0.29, 0.717) is 0 Å². The fraction of sp³-hybridized carbons (Fsp3) is 0.875. The van der Waals surface area contributed by atoms with Crippen molar-refractivity contribution in [3.63, 3.8) is 0 Å². The summed E-state index contributed by atoms with van der Waals surface area (Å²) in [4.78, 5) is 10.9. The zero-order valence-electron chi connectivity index (χ0n) is 6.89. The first-order chi connectivity index (χ1) is 5.16. The molecule has 2 N–H and O–H groups in total. The minimum Gasteiger partial charge on any atom is -0.389 e. The summed E-state index contributed by atoms with van der Waals surface area (Å²) in [5, 5.41) is 12.3. The summed E-state index contributed by atoms with van der Waals surface area (Å²) in [5.41, 5.74) is -0.694. The van der Waals surface area contributed by atoms with Gasteiger partial charge in [-0.05, 0) is 12.8 Å². The van der Waals surface area contributed by atoms with Gasteiger partial charge in [-0.1, -0.05) is 12.8 Å². The maximum absolute atomic E-state index is 10.9. The average Bonchev–Trinajstić information content (AvgIpc) is 2.36. The standard InChI is InChI=1S/C8H15NO2/c1-9-7(10)6-8(11)4-2-3-5-8/h11H,2-6H2,1H3,(H,9,10). The zero-order chi connectivity index (χ0) is 8.32. The van der Waals surface area contributed by atoms with E-state index in [2.05, 4.69) is 5.32 Å². The lowest BCUT2D eigenvalue weighted by Gasteiger charge is -2.20. The fourth-order valence-corrected chi connectivity index (χ4v) is 1.60. The van der Waals surface area contributed by atoms with E-state index < -0.39 is 5.60 Å². The smallest absolute Gasteiger partial charge is 0.222 e. The Morgan fingerprint density at radius 3 is 2.55 bits per heavy atom. The molecule has 1 amide bonds. The number of aliphatic hydroxyl groups is 1. The number of rotatable bonds is 2. The number of nitrogens with one attached hydrogen (secondary N) is 1. The normalized spacial score (nSPS) is 21.6. The van der Waals surface area contributed by atoms with Gasteiger partial charge >= 0.3 is 0 Å². The van der Waals surface area contributed by atoms with Crippen LogP contribution in [0.1, 0.15) is 32.1 Å². The minimum atomic E-state index is -0.694. The lowest BCUT2D eigenvalue weighted by atomic mass is 9.98. The Hall–Kier alpha value is -0.570. The predicted molar refractivity (Wildman–Crippen MR) is 42.1 cm³/mol. The van der Waals surface area contributed by atoms with Crippen molar-refractivity contribution in [2.45, 2.75) is 37.7 Å². The third-order valence-electron chi connectivity index (χ3n) is 2.30. The van der Waals surface area contributed by atoms with E-state index in [9.17, 15) is 9.90 Å². The van der Waals surface area contributed by atoms with Gasteiger partial charge in [0.1, 0.15) is 0 Å². The van der Waals surface area contributed by atoms with Crippen LogP contribution in [0, 0.1) is 0 Å². The van der Waals surface area contributed by atoms with E-state index in [1.807, 2.05) is 0 Å². The van der Waals surface area contributed by atoms with Crippen LogP contribution in [-0.2, 0) is 4.79 Å². The van der Waals surface area contributed by atoms with E-state index in [1.54, 1.807) is 7.05 Å². The van der Waals surface area contributed by atoms with Crippen molar-refractivity contribution in [2.24, 2.45) is 0 Å². The van der Waals surface area contributed by atoms with Crippen LogP contribution >= 0.6 is 0 Å². The van der Waals surface area contributed by atoms with Gasteiger partial charge in [0.15, 0.2) is 0 Å². The molecule has 1 rings (SSSR count). The van der Waals surface area contributed by atoms with Gasteiger partial charge in [-0.15, -0.1) is 0 Å². The summed E-state index contributed by atoms with van der Waals surface area (Å²) >= 11 is 0. The van der Waals surface area contributed by atoms with Crippen LogP contribution in [0.15, 0.2) is 0 Å². The lowest BCUT2D eigenvalue weighted by molar-refractivity contribution is -0.125. The maximum Gasteiger partial charge on any atom is 0.222 e. The molecule has 3 heteroatoms. The molecule has 1 aliphatic carbocycles. The van der Waals surface area contributed by atoms with E-state index in [4.69, 9.17) is 0 Å². The Labute approximate surface area is 66.8 Å². The first kappa shape index (κ1) is 8.53. The van der Waals surface area contributed by atoms with Crippen LogP contribution in [0.5, 0.6) is 0 Å². The Morgan fingerprint density at radius 2 is 2.09 bits per heavy atom. The summed E-state index contributed by atoms with van der Waals surface area (Å²) in [7, 11) is 1.60. The Kier molecular flexibility index (Phi) is 2.49. The van der Waals surface area contributed by atoms with Crippen molar-refractivity contribution in [1.82, 2.24) is 5.32 Å². The SMILES string of the molecule is CNC(=O)CC1(O)CCCC1. The van der Waals surface area contributed by atoms with Gasteiger partial charge in [0.05, 0.1) is 12.0 Å². The number of hydrogen-bond donors (Lipinski definition) is 2. The van der Waals surface area contributed by atoms with Crippen molar-refractivity contribution < 1.29 is 9.90 Å². The molecule has 0 spiro atoms. The molecule has 0 atom stereocenters. The summed E-state index contributed by atoms with van der Waals surface area (Å²) < 4.78 is 0. The number of amides is 1. The molecule has 11 heavy (non-hydrogen) atoms. The van der Waals surface area contributed by atoms with Gasteiger partial charge in [0.25, 0.3) is 0 Å². The van der Waals surface area contributed by atoms with E-state index >= 15 is 0 Å². The van der Waals surface area contributed by atoms with E-state index in [-0.39, 0.29) is 12.3 Å². The van der Waals surface area contributed by atoms with E-state index in [0.717, 1.165) is 25.7 Å². The van der Waals surface area contributed by atoms with Crippen LogP contribution in [0.4, 0.5) is 0 Å². The average molecular weight is 157 g/mol. The molecule has 0 heterocycles. The van der Waals surface area contributed by atoms with Crippen molar-refractivity contribution >= 4 is 5.91 Å². The van der Waals surface area contributed by atoms with Crippen molar-refractivity contribution in [3.8, 4) is 0 Å². The molecule has 64 valence electrons. The third kappa shape index (κ3) is 2.19. The molecule has 0 aromatic carbocycles. The molecule has 0 bridgehead atoms. The highest BCUT2D eigenvalue weighted by Crippen LogP contribution is 2.31. The number of carbonyl (C=O) groups is 1. The third-order valence-corrected chi connectivity index (χ3v) is 2.30. The Balaban J connectivity index is 2.39. The van der Waals surface area contributed by atoms with Gasteiger partial charge < -0.3 is 10.4 Å². The van der Waals surface area contributed by atoms with Gasteiger partial charge in [-0.2, -0.15) is 0 Å². The van der Waals surface area contributed by atoms with Gasteiger partial charge in [0, 0.05) is 7.05 Å². The van der Waals surface area contributed by atoms with Crippen molar-refractivity contribution in [3.05, 3.63) is 0 Å². The summed E-state index contributed by atoms with van der Waals surface area (Å²) in [6.45, 7) is 0. The molecular weight excluding hydrogens is 142 g/mol. The molecule has 1 fully saturated rings. The van der Waals surface area contributed by atoms with Crippen LogP contribution in [-0.4, -0.2) is 23.7 Å². The van der Waals surface area contributed by atoms with Gasteiger partial charge in [0.2, 0.25) is 5.91 Å². The van der Waals surface area contributed by atoms with Crippen LogP contribution in [0.2, 0.25) is 0 Å². The highest BCUT2D eigenvalue weighted by molar-refractivity contribution is 5.76. The largest absolute Gasteiger partial charge is 0.389 e. The zero-order valence-corrected chi connectivity index (χ0v) is 6.89. The van der Waals surface area contributed by atoms with Crippen LogP contribution in [0.3, 0.4) is 0 Å². The topological polar surface area (TPSA) is 49.3 Å². The molecule has 0 aromatic heterocycles. The van der Waals surface area contributed by atoms with Gasteiger partial charge in [-0.25, -0.2) is 0 Å². The van der Waals surface area contributed by atoms with E-state index in [1.165, 1.54) is 0 Å². The molecule has 3 nitrogen and oxygen atoms in total. The fourth-order valence-electron chi connectivity index (χ4n) is 1.60. The summed E-state index contributed by atoms with van der Waals surface area (Å²) in [5.74, 6) is -0.0607. The Morgan fingerprint density at radius 1 is 1.55 bits per heavy atom. The van der Waals surface area contributed by atoms with Crippen molar-refractivity contribution in [2.75, 3.05) is 7.05 Å².